The lowest BCUT2D eigenvalue weighted by atomic mass is 10.0. The largest absolute Gasteiger partial charge is 0.395 e. The topological polar surface area (TPSA) is 82.8 Å². The van der Waals surface area contributed by atoms with Gasteiger partial charge in [-0.1, -0.05) is 6.42 Å². The molecule has 2 aromatic rings. The molecule has 1 amide bonds. The zero-order chi connectivity index (χ0) is 16.2. The van der Waals surface area contributed by atoms with Crippen molar-refractivity contribution in [2.75, 3.05) is 26.2 Å². The smallest absolute Gasteiger partial charge is 0.270 e. The molecule has 3 heterocycles. The van der Waals surface area contributed by atoms with Crippen LogP contribution in [0.1, 0.15) is 35.4 Å². The van der Waals surface area contributed by atoms with Gasteiger partial charge in [-0.05, 0) is 32.4 Å². The van der Waals surface area contributed by atoms with Crippen LogP contribution in [0, 0.1) is 6.92 Å². The fraction of sp³-hybridized carbons (Fsp3) is 0.562. The van der Waals surface area contributed by atoms with Crippen molar-refractivity contribution < 1.29 is 9.90 Å². The molecule has 1 unspecified atom stereocenters. The zero-order valence-electron chi connectivity index (χ0n) is 13.4. The van der Waals surface area contributed by atoms with Gasteiger partial charge in [0.1, 0.15) is 5.69 Å². The summed E-state index contributed by atoms with van der Waals surface area (Å²) < 4.78 is 1.71. The fourth-order valence-corrected chi connectivity index (χ4v) is 3.23. The third-order valence-corrected chi connectivity index (χ3v) is 4.44. The number of aliphatic hydroxyl groups excluding tert-OH is 1. The number of imidazole rings is 1. The van der Waals surface area contributed by atoms with E-state index in [0.29, 0.717) is 23.7 Å². The molecule has 1 saturated heterocycles. The number of aromatic nitrogens is 3. The highest BCUT2D eigenvalue weighted by Gasteiger charge is 2.22. The van der Waals surface area contributed by atoms with Crippen LogP contribution in [0.15, 0.2) is 18.5 Å². The second-order valence-electron chi connectivity index (χ2n) is 5.96. The van der Waals surface area contributed by atoms with E-state index in [9.17, 15) is 9.90 Å². The highest BCUT2D eigenvalue weighted by Crippen LogP contribution is 2.15. The average Bonchev–Trinajstić information content (AvgIpc) is 2.91. The third-order valence-electron chi connectivity index (χ3n) is 4.44. The van der Waals surface area contributed by atoms with Crippen molar-refractivity contribution in [1.29, 1.82) is 0 Å². The maximum atomic E-state index is 12.5. The first kappa shape index (κ1) is 15.9. The van der Waals surface area contributed by atoms with Gasteiger partial charge in [-0.3, -0.25) is 14.1 Å². The molecule has 2 aromatic heterocycles. The van der Waals surface area contributed by atoms with Crippen molar-refractivity contribution in [2.45, 2.75) is 32.2 Å². The van der Waals surface area contributed by atoms with E-state index in [1.54, 1.807) is 22.9 Å². The van der Waals surface area contributed by atoms with E-state index in [1.165, 1.54) is 6.42 Å². The van der Waals surface area contributed by atoms with E-state index in [4.69, 9.17) is 0 Å². The number of carbonyl (C=O) groups is 1. The molecule has 7 heteroatoms. The molecule has 2 N–H and O–H groups in total. The van der Waals surface area contributed by atoms with Crippen molar-refractivity contribution >= 4 is 11.7 Å². The van der Waals surface area contributed by atoms with Gasteiger partial charge in [0.25, 0.3) is 5.91 Å². The summed E-state index contributed by atoms with van der Waals surface area (Å²) in [6.07, 6.45) is 6.81. The molecule has 0 spiro atoms. The molecule has 0 aromatic carbocycles. The number of hydrogen-bond acceptors (Lipinski definition) is 5. The summed E-state index contributed by atoms with van der Waals surface area (Å²) in [7, 11) is 0. The van der Waals surface area contributed by atoms with Crippen molar-refractivity contribution in [3.05, 3.63) is 29.8 Å². The Hall–Kier alpha value is -1.99. The Bertz CT molecular complexity index is 684. The van der Waals surface area contributed by atoms with Crippen LogP contribution in [0.3, 0.4) is 0 Å². The maximum absolute atomic E-state index is 12.5. The number of likely N-dealkylation sites (tertiary alicyclic amines) is 1. The lowest BCUT2D eigenvalue weighted by Crippen LogP contribution is -2.45. The van der Waals surface area contributed by atoms with Crippen LogP contribution in [0.5, 0.6) is 0 Å². The van der Waals surface area contributed by atoms with E-state index in [2.05, 4.69) is 20.2 Å². The van der Waals surface area contributed by atoms with Crippen molar-refractivity contribution in [2.24, 2.45) is 0 Å². The number of amides is 1. The minimum Gasteiger partial charge on any atom is -0.395 e. The third kappa shape index (κ3) is 3.35. The molecule has 0 radical (unpaired) electrons. The number of rotatable bonds is 5. The lowest BCUT2D eigenvalue weighted by Gasteiger charge is -2.34. The van der Waals surface area contributed by atoms with Gasteiger partial charge >= 0.3 is 0 Å². The number of aliphatic hydroxyl groups is 1. The van der Waals surface area contributed by atoms with Gasteiger partial charge in [-0.15, -0.1) is 0 Å². The van der Waals surface area contributed by atoms with Crippen LogP contribution in [0.4, 0.5) is 0 Å². The number of nitrogens with zero attached hydrogens (tertiary/aromatic N) is 4. The highest BCUT2D eigenvalue weighted by atomic mass is 16.3. The molecule has 0 saturated carbocycles. The van der Waals surface area contributed by atoms with Gasteiger partial charge < -0.3 is 10.4 Å². The SMILES string of the molecule is Cc1nc2ncccn2c1C(=O)NCCN1CCCCC1CO. The first-order valence-electron chi connectivity index (χ1n) is 8.13. The molecule has 124 valence electrons. The predicted octanol–water partition coefficient (Wildman–Crippen LogP) is 0.614. The fourth-order valence-electron chi connectivity index (χ4n) is 3.23. The predicted molar refractivity (Wildman–Crippen MR) is 86.4 cm³/mol. The number of aryl methyl sites for hydroxylation is 1. The van der Waals surface area contributed by atoms with Gasteiger partial charge in [0, 0.05) is 31.5 Å². The maximum Gasteiger partial charge on any atom is 0.270 e. The van der Waals surface area contributed by atoms with Gasteiger partial charge in [-0.2, -0.15) is 0 Å². The van der Waals surface area contributed by atoms with Crippen LogP contribution in [0.2, 0.25) is 0 Å². The van der Waals surface area contributed by atoms with Crippen LogP contribution in [-0.2, 0) is 0 Å². The van der Waals surface area contributed by atoms with Gasteiger partial charge in [0.2, 0.25) is 5.78 Å². The van der Waals surface area contributed by atoms with Gasteiger partial charge in [-0.25, -0.2) is 9.97 Å². The van der Waals surface area contributed by atoms with E-state index < -0.39 is 0 Å². The van der Waals surface area contributed by atoms with Gasteiger partial charge in [0.15, 0.2) is 0 Å². The van der Waals surface area contributed by atoms with Crippen LogP contribution in [0.25, 0.3) is 5.78 Å². The molecule has 0 aliphatic carbocycles. The summed E-state index contributed by atoms with van der Waals surface area (Å²) in [6.45, 7) is 4.30. The minimum absolute atomic E-state index is 0.138. The Balaban J connectivity index is 1.61. The average molecular weight is 317 g/mol. The van der Waals surface area contributed by atoms with E-state index in [0.717, 1.165) is 25.9 Å². The Labute approximate surface area is 135 Å². The summed E-state index contributed by atoms with van der Waals surface area (Å²) in [5.41, 5.74) is 1.21. The number of carbonyl (C=O) groups excluding carboxylic acids is 1. The first-order valence-corrected chi connectivity index (χ1v) is 8.13. The number of hydrogen-bond donors (Lipinski definition) is 2. The Morgan fingerprint density at radius 2 is 2.35 bits per heavy atom. The van der Waals surface area contributed by atoms with Crippen molar-refractivity contribution in [3.63, 3.8) is 0 Å². The Morgan fingerprint density at radius 1 is 1.48 bits per heavy atom. The van der Waals surface area contributed by atoms with Gasteiger partial charge in [0.05, 0.1) is 12.3 Å². The highest BCUT2D eigenvalue weighted by molar-refractivity contribution is 5.94. The number of fused-ring (bicyclic) bond motifs is 1. The van der Waals surface area contributed by atoms with E-state index >= 15 is 0 Å². The van der Waals surface area contributed by atoms with Crippen molar-refractivity contribution in [1.82, 2.24) is 24.6 Å². The van der Waals surface area contributed by atoms with E-state index in [-0.39, 0.29) is 18.6 Å². The van der Waals surface area contributed by atoms with Crippen LogP contribution < -0.4 is 5.32 Å². The molecular weight excluding hydrogens is 294 g/mol. The molecule has 1 aliphatic rings. The second-order valence-corrected chi connectivity index (χ2v) is 5.96. The molecule has 0 bridgehead atoms. The normalized spacial score (nSPS) is 19.1. The quantitative estimate of drug-likeness (QED) is 0.844. The summed E-state index contributed by atoms with van der Waals surface area (Å²) >= 11 is 0. The molecule has 1 atom stereocenters. The monoisotopic (exact) mass is 317 g/mol. The van der Waals surface area contributed by atoms with E-state index in [1.807, 2.05) is 6.92 Å². The summed E-state index contributed by atoms with van der Waals surface area (Å²) in [5.74, 6) is 0.395. The zero-order valence-corrected chi connectivity index (χ0v) is 13.4. The minimum atomic E-state index is -0.138. The van der Waals surface area contributed by atoms with Crippen molar-refractivity contribution in [3.8, 4) is 0 Å². The molecule has 1 fully saturated rings. The molecule has 7 nitrogen and oxygen atoms in total. The summed E-state index contributed by atoms with van der Waals surface area (Å²) in [6, 6.07) is 2.01. The molecule has 23 heavy (non-hydrogen) atoms. The lowest BCUT2D eigenvalue weighted by molar-refractivity contribution is 0.0846. The van der Waals surface area contributed by atoms with Crippen LogP contribution in [-0.4, -0.2) is 62.6 Å². The van der Waals surface area contributed by atoms with Crippen LogP contribution >= 0.6 is 0 Å². The summed E-state index contributed by atoms with van der Waals surface area (Å²) in [4.78, 5) is 23.2. The molecule has 3 rings (SSSR count). The number of nitrogens with one attached hydrogen (secondary N) is 1. The summed E-state index contributed by atoms with van der Waals surface area (Å²) in [5, 5.41) is 12.4. The molecule has 1 aliphatic heterocycles. The number of piperidine rings is 1. The standard InChI is InChI=1S/C16H23N5O2/c1-12-14(21-9-4-6-18-16(21)19-12)15(23)17-7-10-20-8-3-2-5-13(20)11-22/h4,6,9,13,22H,2-3,5,7-8,10-11H2,1H3,(H,17,23). The Kier molecular flexibility index (Phi) is 4.88. The second kappa shape index (κ2) is 7.06. The molecular formula is C16H23N5O2. The Morgan fingerprint density at radius 3 is 3.17 bits per heavy atom. The first-order chi connectivity index (χ1) is 11.2.